The molecule has 1 heterocycles. The standard InChI is InChI=1S/C12H15N3O3S/c1-3-11-13-7-12(14-11)19(17,18)15-10-5-4-9(16)6-8(10)2/h4-7,15-16H,3H2,1-2H3,(H,13,14). The number of rotatable bonds is 4. The molecule has 0 atom stereocenters. The lowest BCUT2D eigenvalue weighted by Gasteiger charge is -2.09. The second-order valence-electron chi connectivity index (χ2n) is 4.15. The van der Waals surface area contributed by atoms with Crippen molar-refractivity contribution < 1.29 is 13.5 Å². The van der Waals surface area contributed by atoms with Crippen molar-refractivity contribution in [2.24, 2.45) is 0 Å². The van der Waals surface area contributed by atoms with E-state index in [1.165, 1.54) is 24.4 Å². The molecule has 0 bridgehead atoms. The zero-order valence-corrected chi connectivity index (χ0v) is 11.5. The SMILES string of the molecule is CCc1ncc(S(=O)(=O)Nc2ccc(O)cc2C)[nH]1. The van der Waals surface area contributed by atoms with Gasteiger partial charge in [-0.2, -0.15) is 8.42 Å². The summed E-state index contributed by atoms with van der Waals surface area (Å²) in [6.07, 6.45) is 1.92. The second kappa shape index (κ2) is 4.93. The number of nitrogens with one attached hydrogen (secondary N) is 2. The molecule has 1 aromatic heterocycles. The van der Waals surface area contributed by atoms with Crippen LogP contribution in [0.25, 0.3) is 0 Å². The number of imidazole rings is 1. The van der Waals surface area contributed by atoms with Gasteiger partial charge in [0.15, 0.2) is 5.03 Å². The summed E-state index contributed by atoms with van der Waals surface area (Å²) in [7, 11) is -3.69. The van der Waals surface area contributed by atoms with Crippen LogP contribution in [0, 0.1) is 6.92 Å². The van der Waals surface area contributed by atoms with Gasteiger partial charge in [0.05, 0.1) is 11.9 Å². The van der Waals surface area contributed by atoms with Crippen LogP contribution in [0.2, 0.25) is 0 Å². The Morgan fingerprint density at radius 2 is 2.16 bits per heavy atom. The second-order valence-corrected chi connectivity index (χ2v) is 5.80. The predicted molar refractivity (Wildman–Crippen MR) is 71.6 cm³/mol. The third kappa shape index (κ3) is 2.87. The molecule has 1 aromatic carbocycles. The van der Waals surface area contributed by atoms with Crippen LogP contribution in [0.3, 0.4) is 0 Å². The van der Waals surface area contributed by atoms with E-state index < -0.39 is 10.0 Å². The third-order valence-electron chi connectivity index (χ3n) is 2.68. The Hall–Kier alpha value is -2.02. The van der Waals surface area contributed by atoms with Crippen molar-refractivity contribution >= 4 is 15.7 Å². The summed E-state index contributed by atoms with van der Waals surface area (Å²) in [6, 6.07) is 4.43. The van der Waals surface area contributed by atoms with Gasteiger partial charge in [-0.15, -0.1) is 0 Å². The van der Waals surface area contributed by atoms with Gasteiger partial charge in [-0.3, -0.25) is 4.72 Å². The van der Waals surface area contributed by atoms with Crippen molar-refractivity contribution in [2.45, 2.75) is 25.3 Å². The average Bonchev–Trinajstić information content (AvgIpc) is 2.82. The smallest absolute Gasteiger partial charge is 0.278 e. The monoisotopic (exact) mass is 281 g/mol. The molecule has 0 fully saturated rings. The molecular weight excluding hydrogens is 266 g/mol. The zero-order valence-electron chi connectivity index (χ0n) is 10.6. The highest BCUT2D eigenvalue weighted by Crippen LogP contribution is 2.22. The van der Waals surface area contributed by atoms with E-state index in [0.29, 0.717) is 23.5 Å². The third-order valence-corrected chi connectivity index (χ3v) is 3.96. The van der Waals surface area contributed by atoms with Crippen LogP contribution in [-0.4, -0.2) is 23.5 Å². The summed E-state index contributed by atoms with van der Waals surface area (Å²) in [5.41, 5.74) is 1.06. The Kier molecular flexibility index (Phi) is 3.48. The first-order valence-electron chi connectivity index (χ1n) is 5.78. The van der Waals surface area contributed by atoms with Gasteiger partial charge in [0.2, 0.25) is 0 Å². The van der Waals surface area contributed by atoms with E-state index >= 15 is 0 Å². The lowest BCUT2D eigenvalue weighted by atomic mass is 10.2. The van der Waals surface area contributed by atoms with E-state index in [9.17, 15) is 13.5 Å². The number of aryl methyl sites for hydroxylation is 2. The van der Waals surface area contributed by atoms with Crippen molar-refractivity contribution in [3.63, 3.8) is 0 Å². The molecule has 0 saturated heterocycles. The number of hydrogen-bond acceptors (Lipinski definition) is 4. The van der Waals surface area contributed by atoms with Gasteiger partial charge in [0, 0.05) is 6.42 Å². The van der Waals surface area contributed by atoms with Gasteiger partial charge in [-0.05, 0) is 30.7 Å². The normalized spacial score (nSPS) is 11.5. The number of phenols is 1. The Balaban J connectivity index is 2.30. The fourth-order valence-corrected chi connectivity index (χ4v) is 2.69. The summed E-state index contributed by atoms with van der Waals surface area (Å²) >= 11 is 0. The van der Waals surface area contributed by atoms with Crippen molar-refractivity contribution in [2.75, 3.05) is 4.72 Å². The van der Waals surface area contributed by atoms with Gasteiger partial charge in [-0.1, -0.05) is 6.92 Å². The Morgan fingerprint density at radius 3 is 2.74 bits per heavy atom. The first-order valence-corrected chi connectivity index (χ1v) is 7.27. The Morgan fingerprint density at radius 1 is 1.42 bits per heavy atom. The summed E-state index contributed by atoms with van der Waals surface area (Å²) < 4.78 is 26.7. The van der Waals surface area contributed by atoms with Crippen LogP contribution >= 0.6 is 0 Å². The highest BCUT2D eigenvalue weighted by Gasteiger charge is 2.18. The van der Waals surface area contributed by atoms with E-state index in [2.05, 4.69) is 14.7 Å². The van der Waals surface area contributed by atoms with Crippen LogP contribution < -0.4 is 4.72 Å². The van der Waals surface area contributed by atoms with E-state index in [1.54, 1.807) is 6.92 Å². The van der Waals surface area contributed by atoms with E-state index in [4.69, 9.17) is 0 Å². The van der Waals surface area contributed by atoms with Crippen molar-refractivity contribution in [3.05, 3.63) is 35.8 Å². The molecule has 0 amide bonds. The number of aromatic nitrogens is 2. The number of nitrogens with zero attached hydrogens (tertiary/aromatic N) is 1. The van der Waals surface area contributed by atoms with E-state index in [1.807, 2.05) is 6.92 Å². The minimum atomic E-state index is -3.69. The highest BCUT2D eigenvalue weighted by molar-refractivity contribution is 7.92. The molecule has 19 heavy (non-hydrogen) atoms. The van der Waals surface area contributed by atoms with Crippen molar-refractivity contribution in [3.8, 4) is 5.75 Å². The molecule has 0 radical (unpaired) electrons. The van der Waals surface area contributed by atoms with Crippen molar-refractivity contribution in [1.82, 2.24) is 9.97 Å². The number of phenolic OH excluding ortho intramolecular Hbond substituents is 1. The summed E-state index contributed by atoms with van der Waals surface area (Å²) in [4.78, 5) is 6.71. The lowest BCUT2D eigenvalue weighted by molar-refractivity contribution is 0.475. The molecule has 2 rings (SSSR count). The largest absolute Gasteiger partial charge is 0.508 e. The van der Waals surface area contributed by atoms with Gasteiger partial charge in [-0.25, -0.2) is 4.98 Å². The van der Waals surface area contributed by atoms with Gasteiger partial charge >= 0.3 is 0 Å². The quantitative estimate of drug-likeness (QED) is 0.744. The molecule has 0 aliphatic rings. The average molecular weight is 281 g/mol. The molecule has 0 aliphatic carbocycles. The van der Waals surface area contributed by atoms with E-state index in [0.717, 1.165) is 0 Å². The minimum Gasteiger partial charge on any atom is -0.508 e. The molecule has 7 heteroatoms. The molecule has 0 unspecified atom stereocenters. The number of H-pyrrole nitrogens is 1. The number of sulfonamides is 1. The number of hydrogen-bond donors (Lipinski definition) is 3. The van der Waals surface area contributed by atoms with Gasteiger partial charge < -0.3 is 10.1 Å². The fourth-order valence-electron chi connectivity index (χ4n) is 1.62. The molecule has 102 valence electrons. The lowest BCUT2D eigenvalue weighted by Crippen LogP contribution is -2.14. The van der Waals surface area contributed by atoms with Crippen LogP contribution in [0.15, 0.2) is 29.4 Å². The fraction of sp³-hybridized carbons (Fsp3) is 0.250. The predicted octanol–water partition coefficient (Wildman–Crippen LogP) is 1.79. The molecular formula is C12H15N3O3S. The summed E-state index contributed by atoms with van der Waals surface area (Å²) in [5.74, 6) is 0.707. The minimum absolute atomic E-state index is 0.0248. The van der Waals surface area contributed by atoms with Gasteiger partial charge in [0.25, 0.3) is 10.0 Å². The maximum absolute atomic E-state index is 12.1. The summed E-state index contributed by atoms with van der Waals surface area (Å²) in [6.45, 7) is 3.59. The number of aromatic hydroxyl groups is 1. The number of aromatic amines is 1. The van der Waals surface area contributed by atoms with E-state index in [-0.39, 0.29) is 10.8 Å². The maximum Gasteiger partial charge on any atom is 0.278 e. The maximum atomic E-state index is 12.1. The molecule has 2 aromatic rings. The first kappa shape index (κ1) is 13.4. The van der Waals surface area contributed by atoms with Gasteiger partial charge in [0.1, 0.15) is 11.6 Å². The van der Waals surface area contributed by atoms with Crippen LogP contribution in [-0.2, 0) is 16.4 Å². The molecule has 6 nitrogen and oxygen atoms in total. The molecule has 0 aliphatic heterocycles. The molecule has 3 N–H and O–H groups in total. The Bertz CT molecular complexity index is 692. The summed E-state index contributed by atoms with van der Waals surface area (Å²) in [5, 5.41) is 9.32. The van der Waals surface area contributed by atoms with Crippen LogP contribution in [0.1, 0.15) is 18.3 Å². The zero-order chi connectivity index (χ0) is 14.0. The first-order chi connectivity index (χ1) is 8.92. The number of benzene rings is 1. The topological polar surface area (TPSA) is 95.1 Å². The number of anilines is 1. The van der Waals surface area contributed by atoms with Crippen molar-refractivity contribution in [1.29, 1.82) is 0 Å². The van der Waals surface area contributed by atoms with Crippen LogP contribution in [0.4, 0.5) is 5.69 Å². The van der Waals surface area contributed by atoms with Crippen LogP contribution in [0.5, 0.6) is 5.75 Å². The Labute approximate surface area is 111 Å². The molecule has 0 spiro atoms. The highest BCUT2D eigenvalue weighted by atomic mass is 32.2. The molecule has 0 saturated carbocycles.